The highest BCUT2D eigenvalue weighted by molar-refractivity contribution is 4.94. The van der Waals surface area contributed by atoms with Crippen molar-refractivity contribution in [3.63, 3.8) is 0 Å². The summed E-state index contributed by atoms with van der Waals surface area (Å²) in [6.07, 6.45) is 1.21. The second kappa shape index (κ2) is 3.65. The molecule has 1 saturated carbocycles. The molecule has 78 valence electrons. The number of rotatable bonds is 4. The van der Waals surface area contributed by atoms with Crippen molar-refractivity contribution in [1.82, 2.24) is 25.5 Å². The second-order valence-electron chi connectivity index (χ2n) is 4.36. The minimum absolute atomic E-state index is 0.469. The van der Waals surface area contributed by atoms with Crippen LogP contribution in [-0.4, -0.2) is 26.2 Å². The molecule has 0 aliphatic heterocycles. The molecule has 1 N–H and O–H groups in total. The lowest BCUT2D eigenvalue weighted by Gasteiger charge is -2.07. The molecule has 1 aliphatic rings. The lowest BCUT2D eigenvalue weighted by Crippen LogP contribution is -2.24. The molecule has 1 aliphatic carbocycles. The summed E-state index contributed by atoms with van der Waals surface area (Å²) in [6, 6.07) is 1.01. The Morgan fingerprint density at radius 3 is 2.86 bits per heavy atom. The van der Waals surface area contributed by atoms with Gasteiger partial charge in [0.25, 0.3) is 0 Å². The van der Waals surface area contributed by atoms with E-state index in [1.165, 1.54) is 6.42 Å². The van der Waals surface area contributed by atoms with E-state index in [0.29, 0.717) is 12.1 Å². The molecule has 5 heteroatoms. The van der Waals surface area contributed by atoms with Gasteiger partial charge < -0.3 is 5.32 Å². The second-order valence-corrected chi connectivity index (χ2v) is 4.36. The van der Waals surface area contributed by atoms with Gasteiger partial charge in [-0.15, -0.1) is 5.10 Å². The number of nitrogens with one attached hydrogen (secondary N) is 1. The molecule has 0 saturated heterocycles. The maximum Gasteiger partial charge on any atom is 0.165 e. The van der Waals surface area contributed by atoms with Gasteiger partial charge in [0, 0.05) is 6.04 Å². The number of hydrogen-bond donors (Lipinski definition) is 1. The van der Waals surface area contributed by atoms with Crippen molar-refractivity contribution < 1.29 is 0 Å². The quantitative estimate of drug-likeness (QED) is 0.770. The molecule has 1 heterocycles. The van der Waals surface area contributed by atoms with E-state index in [1.807, 2.05) is 4.68 Å². The van der Waals surface area contributed by atoms with E-state index in [0.717, 1.165) is 18.3 Å². The maximum atomic E-state index is 4.02. The highest BCUT2D eigenvalue weighted by Crippen LogP contribution is 2.42. The molecule has 1 fully saturated rings. The fraction of sp³-hybridized carbons (Fsp3) is 0.889. The Kier molecular flexibility index (Phi) is 2.50. The van der Waals surface area contributed by atoms with Gasteiger partial charge in [-0.05, 0) is 22.8 Å². The first kappa shape index (κ1) is 9.58. The Labute approximate surface area is 83.9 Å². The zero-order valence-corrected chi connectivity index (χ0v) is 8.94. The standard InChI is InChI=1S/C9H17N5/c1-6(2)10-5-9-11-12-13-14(9)8-4-7(8)3/h6-8,10H,4-5H2,1-3H3. The first-order chi connectivity index (χ1) is 6.68. The van der Waals surface area contributed by atoms with E-state index in [1.54, 1.807) is 0 Å². The van der Waals surface area contributed by atoms with Crippen LogP contribution in [0.15, 0.2) is 0 Å². The van der Waals surface area contributed by atoms with E-state index >= 15 is 0 Å². The summed E-state index contributed by atoms with van der Waals surface area (Å²) < 4.78 is 1.96. The summed E-state index contributed by atoms with van der Waals surface area (Å²) in [7, 11) is 0. The number of tetrazole rings is 1. The molecule has 2 atom stereocenters. The molecular weight excluding hydrogens is 178 g/mol. The summed E-state index contributed by atoms with van der Waals surface area (Å²) in [6.45, 7) is 7.22. The average Bonchev–Trinajstić information content (AvgIpc) is 2.68. The van der Waals surface area contributed by atoms with Crippen LogP contribution in [0.5, 0.6) is 0 Å². The highest BCUT2D eigenvalue weighted by Gasteiger charge is 2.37. The van der Waals surface area contributed by atoms with Crippen LogP contribution in [-0.2, 0) is 6.54 Å². The summed E-state index contributed by atoms with van der Waals surface area (Å²) in [5, 5.41) is 15.1. The minimum atomic E-state index is 0.469. The van der Waals surface area contributed by atoms with Crippen LogP contribution in [0.2, 0.25) is 0 Å². The van der Waals surface area contributed by atoms with Crippen molar-refractivity contribution in [3.05, 3.63) is 5.82 Å². The molecule has 14 heavy (non-hydrogen) atoms. The Bertz CT molecular complexity index is 306. The summed E-state index contributed by atoms with van der Waals surface area (Å²) in [5.41, 5.74) is 0. The van der Waals surface area contributed by atoms with Crippen molar-refractivity contribution in [2.24, 2.45) is 5.92 Å². The van der Waals surface area contributed by atoms with Gasteiger partial charge in [-0.1, -0.05) is 20.8 Å². The largest absolute Gasteiger partial charge is 0.308 e. The van der Waals surface area contributed by atoms with E-state index in [4.69, 9.17) is 0 Å². The Hall–Kier alpha value is -0.970. The van der Waals surface area contributed by atoms with Crippen molar-refractivity contribution in [3.8, 4) is 0 Å². The summed E-state index contributed by atoms with van der Waals surface area (Å²) in [4.78, 5) is 0. The first-order valence-corrected chi connectivity index (χ1v) is 5.18. The Morgan fingerprint density at radius 1 is 1.57 bits per heavy atom. The summed E-state index contributed by atoms with van der Waals surface area (Å²) in [5.74, 6) is 1.68. The number of aromatic nitrogens is 4. The molecule has 2 rings (SSSR count). The predicted octanol–water partition coefficient (Wildman–Crippen LogP) is 0.752. The fourth-order valence-electron chi connectivity index (χ4n) is 1.52. The zero-order chi connectivity index (χ0) is 10.1. The van der Waals surface area contributed by atoms with Crippen LogP contribution in [0, 0.1) is 5.92 Å². The van der Waals surface area contributed by atoms with E-state index in [2.05, 4.69) is 41.6 Å². The molecule has 1 aromatic rings. The normalized spacial score (nSPS) is 25.7. The van der Waals surface area contributed by atoms with Gasteiger partial charge in [0.2, 0.25) is 0 Å². The third kappa shape index (κ3) is 1.92. The highest BCUT2D eigenvalue weighted by atomic mass is 15.6. The SMILES string of the molecule is CC(C)NCc1nnnn1C1CC1C. The van der Waals surface area contributed by atoms with Gasteiger partial charge in [0.15, 0.2) is 5.82 Å². The van der Waals surface area contributed by atoms with Crippen molar-refractivity contribution >= 4 is 0 Å². The van der Waals surface area contributed by atoms with Gasteiger partial charge in [0.05, 0.1) is 12.6 Å². The molecule has 2 unspecified atom stereocenters. The molecule has 1 aromatic heterocycles. The monoisotopic (exact) mass is 195 g/mol. The van der Waals surface area contributed by atoms with Gasteiger partial charge in [-0.25, -0.2) is 4.68 Å². The zero-order valence-electron chi connectivity index (χ0n) is 8.94. The minimum Gasteiger partial charge on any atom is -0.308 e. The molecule has 5 nitrogen and oxygen atoms in total. The number of hydrogen-bond acceptors (Lipinski definition) is 4. The average molecular weight is 195 g/mol. The molecule has 0 spiro atoms. The molecule has 0 amide bonds. The predicted molar refractivity (Wildman–Crippen MR) is 52.6 cm³/mol. The van der Waals surface area contributed by atoms with Crippen molar-refractivity contribution in [2.75, 3.05) is 0 Å². The van der Waals surface area contributed by atoms with Crippen LogP contribution in [0.4, 0.5) is 0 Å². The lowest BCUT2D eigenvalue weighted by molar-refractivity contribution is 0.511. The van der Waals surface area contributed by atoms with Gasteiger partial charge in [0.1, 0.15) is 0 Å². The van der Waals surface area contributed by atoms with E-state index < -0.39 is 0 Å². The van der Waals surface area contributed by atoms with Crippen molar-refractivity contribution in [2.45, 2.75) is 45.8 Å². The van der Waals surface area contributed by atoms with Crippen molar-refractivity contribution in [1.29, 1.82) is 0 Å². The third-order valence-corrected chi connectivity index (χ3v) is 2.61. The smallest absolute Gasteiger partial charge is 0.165 e. The maximum absolute atomic E-state index is 4.02. The molecular formula is C9H17N5. The summed E-state index contributed by atoms with van der Waals surface area (Å²) >= 11 is 0. The topological polar surface area (TPSA) is 55.6 Å². The molecule has 0 radical (unpaired) electrons. The fourth-order valence-corrected chi connectivity index (χ4v) is 1.52. The van der Waals surface area contributed by atoms with Gasteiger partial charge in [-0.2, -0.15) is 0 Å². The van der Waals surface area contributed by atoms with Crippen LogP contribution in [0.25, 0.3) is 0 Å². The van der Waals surface area contributed by atoms with E-state index in [9.17, 15) is 0 Å². The third-order valence-electron chi connectivity index (χ3n) is 2.61. The van der Waals surface area contributed by atoms with Crippen LogP contribution in [0.1, 0.15) is 39.1 Å². The van der Waals surface area contributed by atoms with E-state index in [-0.39, 0.29) is 0 Å². The Morgan fingerprint density at radius 2 is 2.29 bits per heavy atom. The molecule has 0 bridgehead atoms. The van der Waals surface area contributed by atoms with Crippen LogP contribution >= 0.6 is 0 Å². The van der Waals surface area contributed by atoms with Gasteiger partial charge >= 0.3 is 0 Å². The Balaban J connectivity index is 1.99. The van der Waals surface area contributed by atoms with Gasteiger partial charge in [-0.3, -0.25) is 0 Å². The van der Waals surface area contributed by atoms with Crippen LogP contribution < -0.4 is 5.32 Å². The first-order valence-electron chi connectivity index (χ1n) is 5.18. The van der Waals surface area contributed by atoms with Crippen LogP contribution in [0.3, 0.4) is 0 Å². The molecule has 0 aromatic carbocycles. The number of nitrogens with zero attached hydrogens (tertiary/aromatic N) is 4. The lowest BCUT2D eigenvalue weighted by atomic mass is 10.4.